The molecule has 3 aromatic carbocycles. The zero-order valence-corrected chi connectivity index (χ0v) is 24.4. The molecule has 202 valence electrons. The molecule has 0 aliphatic carbocycles. The molecule has 0 aliphatic heterocycles. The van der Waals surface area contributed by atoms with Gasteiger partial charge in [-0.15, -0.1) is 0 Å². The Labute approximate surface area is 242 Å². The van der Waals surface area contributed by atoms with Crippen LogP contribution in [0, 0.1) is 20.8 Å². The van der Waals surface area contributed by atoms with E-state index in [2.05, 4.69) is 10.5 Å². The van der Waals surface area contributed by atoms with Crippen LogP contribution in [0.25, 0.3) is 5.69 Å². The van der Waals surface area contributed by atoms with Crippen molar-refractivity contribution >= 4 is 62.6 Å². The number of hydrogen-bond acceptors (Lipinski definition) is 4. The van der Waals surface area contributed by atoms with Gasteiger partial charge in [-0.05, 0) is 80.9 Å². The molecule has 1 heterocycles. The van der Waals surface area contributed by atoms with E-state index in [1.807, 2.05) is 24.5 Å². The molecular weight excluding hydrogens is 579 g/mol. The lowest BCUT2D eigenvalue weighted by molar-refractivity contribution is -0.119. The van der Waals surface area contributed by atoms with Crippen molar-refractivity contribution in [2.24, 2.45) is 5.10 Å². The number of halogens is 3. The number of aromatic nitrogens is 1. The van der Waals surface area contributed by atoms with Crippen molar-refractivity contribution in [3.63, 3.8) is 0 Å². The molecule has 1 N–H and O–H groups in total. The second-order valence-electron chi connectivity index (χ2n) is 8.81. The summed E-state index contributed by atoms with van der Waals surface area (Å²) in [6, 6.07) is 19.8. The third-order valence-corrected chi connectivity index (χ3v) is 8.62. The van der Waals surface area contributed by atoms with Crippen molar-refractivity contribution in [2.45, 2.75) is 25.7 Å². The predicted octanol–water partition coefficient (Wildman–Crippen LogP) is 6.71. The summed E-state index contributed by atoms with van der Waals surface area (Å²) in [6.45, 7) is 5.05. The first-order chi connectivity index (χ1) is 18.5. The number of hydrazone groups is 1. The first-order valence-corrected chi connectivity index (χ1v) is 14.4. The van der Waals surface area contributed by atoms with Crippen LogP contribution in [0.1, 0.15) is 22.5 Å². The van der Waals surface area contributed by atoms with Crippen molar-refractivity contribution in [1.82, 2.24) is 9.99 Å². The van der Waals surface area contributed by atoms with E-state index in [9.17, 15) is 13.2 Å². The highest BCUT2D eigenvalue weighted by Crippen LogP contribution is 2.30. The van der Waals surface area contributed by atoms with Gasteiger partial charge in [-0.3, -0.25) is 9.10 Å². The van der Waals surface area contributed by atoms with Crippen LogP contribution >= 0.6 is 34.8 Å². The SMILES string of the molecule is Cc1cc(Cl)ccc1N(CC(=O)N/N=C/c1cc(C)n(-c2cc(Cl)ccc2Cl)c1C)S(=O)(=O)c1ccccc1. The summed E-state index contributed by atoms with van der Waals surface area (Å²) in [5.41, 5.74) is 6.57. The van der Waals surface area contributed by atoms with Crippen molar-refractivity contribution in [1.29, 1.82) is 0 Å². The highest BCUT2D eigenvalue weighted by atomic mass is 35.5. The molecule has 1 aromatic heterocycles. The molecule has 0 saturated carbocycles. The highest BCUT2D eigenvalue weighted by molar-refractivity contribution is 7.92. The van der Waals surface area contributed by atoms with Crippen LogP contribution in [-0.4, -0.2) is 31.7 Å². The van der Waals surface area contributed by atoms with E-state index in [0.29, 0.717) is 26.3 Å². The van der Waals surface area contributed by atoms with Crippen LogP contribution in [-0.2, 0) is 14.8 Å². The number of amides is 1. The Morgan fingerprint density at radius 1 is 0.949 bits per heavy atom. The van der Waals surface area contributed by atoms with E-state index in [-0.39, 0.29) is 4.90 Å². The van der Waals surface area contributed by atoms with Gasteiger partial charge in [0.25, 0.3) is 15.9 Å². The number of carbonyl (C=O) groups excluding carboxylic acids is 1. The first-order valence-electron chi connectivity index (χ1n) is 11.8. The number of aryl methyl sites for hydroxylation is 2. The van der Waals surface area contributed by atoms with Crippen LogP contribution in [0.15, 0.2) is 82.8 Å². The topological polar surface area (TPSA) is 83.8 Å². The molecule has 0 atom stereocenters. The Morgan fingerprint density at radius 2 is 1.62 bits per heavy atom. The molecule has 0 saturated heterocycles. The summed E-state index contributed by atoms with van der Waals surface area (Å²) >= 11 is 18.7. The average Bonchev–Trinajstić information content (AvgIpc) is 3.17. The Bertz CT molecular complexity index is 1670. The van der Waals surface area contributed by atoms with Gasteiger partial charge in [-0.25, -0.2) is 13.8 Å². The molecular formula is C28H25Cl3N4O3S. The maximum Gasteiger partial charge on any atom is 0.264 e. The molecule has 0 unspecified atom stereocenters. The summed E-state index contributed by atoms with van der Waals surface area (Å²) in [7, 11) is -4.06. The molecule has 7 nitrogen and oxygen atoms in total. The molecule has 39 heavy (non-hydrogen) atoms. The van der Waals surface area contributed by atoms with Crippen molar-refractivity contribution in [2.75, 3.05) is 10.8 Å². The molecule has 0 aliphatic rings. The number of benzene rings is 3. The third kappa shape index (κ3) is 6.31. The summed E-state index contributed by atoms with van der Waals surface area (Å²) < 4.78 is 30.0. The van der Waals surface area contributed by atoms with E-state index in [4.69, 9.17) is 34.8 Å². The number of carbonyl (C=O) groups is 1. The third-order valence-electron chi connectivity index (χ3n) is 6.06. The quantitative estimate of drug-likeness (QED) is 0.180. The van der Waals surface area contributed by atoms with Gasteiger partial charge < -0.3 is 4.57 Å². The van der Waals surface area contributed by atoms with Crippen molar-refractivity contribution in [3.05, 3.63) is 110 Å². The molecule has 0 bridgehead atoms. The first kappa shape index (κ1) is 28.7. The molecule has 0 spiro atoms. The maximum atomic E-state index is 13.5. The van der Waals surface area contributed by atoms with Crippen LogP contribution in [0.5, 0.6) is 0 Å². The van der Waals surface area contributed by atoms with Crippen molar-refractivity contribution in [3.8, 4) is 5.69 Å². The van der Waals surface area contributed by atoms with E-state index in [1.165, 1.54) is 18.3 Å². The van der Waals surface area contributed by atoms with Gasteiger partial charge in [-0.2, -0.15) is 5.10 Å². The lowest BCUT2D eigenvalue weighted by Gasteiger charge is -2.25. The monoisotopic (exact) mass is 602 g/mol. The Morgan fingerprint density at radius 3 is 2.31 bits per heavy atom. The second kappa shape index (κ2) is 11.8. The molecule has 11 heteroatoms. The fraction of sp³-hybridized carbons (Fsp3) is 0.143. The number of rotatable bonds is 8. The minimum Gasteiger partial charge on any atom is -0.316 e. The van der Waals surface area contributed by atoms with Crippen LogP contribution < -0.4 is 9.73 Å². The zero-order valence-electron chi connectivity index (χ0n) is 21.3. The number of nitrogens with one attached hydrogen (secondary N) is 1. The molecule has 4 aromatic rings. The van der Waals surface area contributed by atoms with Gasteiger partial charge in [0.15, 0.2) is 0 Å². The minimum atomic E-state index is -4.06. The summed E-state index contributed by atoms with van der Waals surface area (Å²) in [5.74, 6) is -0.619. The smallest absolute Gasteiger partial charge is 0.264 e. The lowest BCUT2D eigenvalue weighted by Crippen LogP contribution is -2.40. The number of hydrogen-bond donors (Lipinski definition) is 1. The lowest BCUT2D eigenvalue weighted by atomic mass is 10.2. The number of sulfonamides is 1. The van der Waals surface area contributed by atoms with E-state index in [0.717, 1.165) is 26.9 Å². The number of nitrogens with zero attached hydrogens (tertiary/aromatic N) is 3. The Balaban J connectivity index is 1.58. The molecule has 0 radical (unpaired) electrons. The Hall–Kier alpha value is -3.30. The van der Waals surface area contributed by atoms with Crippen LogP contribution in [0.4, 0.5) is 5.69 Å². The van der Waals surface area contributed by atoms with Gasteiger partial charge in [0.2, 0.25) is 0 Å². The normalized spacial score (nSPS) is 11.6. The van der Waals surface area contributed by atoms with E-state index < -0.39 is 22.5 Å². The largest absolute Gasteiger partial charge is 0.316 e. The molecule has 0 fully saturated rings. The van der Waals surface area contributed by atoms with Crippen LogP contribution in [0.2, 0.25) is 15.1 Å². The van der Waals surface area contributed by atoms with Crippen molar-refractivity contribution < 1.29 is 13.2 Å². The zero-order chi connectivity index (χ0) is 28.3. The standard InChI is InChI=1S/C28H25Cl3N4O3S/c1-18-13-22(29)10-12-26(18)34(39(37,38)24-7-5-4-6-8-24)17-28(36)33-32-16-21-14-19(2)35(20(21)3)27-15-23(30)9-11-25(27)31/h4-16H,17H2,1-3H3,(H,33,36)/b32-16+. The van der Waals surface area contributed by atoms with Gasteiger partial charge in [0, 0.05) is 27.0 Å². The van der Waals surface area contributed by atoms with Gasteiger partial charge in [0.1, 0.15) is 6.54 Å². The fourth-order valence-electron chi connectivity index (χ4n) is 4.20. The van der Waals surface area contributed by atoms with E-state index >= 15 is 0 Å². The van der Waals surface area contributed by atoms with Gasteiger partial charge >= 0.3 is 0 Å². The summed E-state index contributed by atoms with van der Waals surface area (Å²) in [6.07, 6.45) is 1.50. The van der Waals surface area contributed by atoms with Gasteiger partial charge in [0.05, 0.1) is 27.5 Å². The predicted molar refractivity (Wildman–Crippen MR) is 158 cm³/mol. The maximum absolute atomic E-state index is 13.5. The summed E-state index contributed by atoms with van der Waals surface area (Å²) in [5, 5.41) is 5.63. The van der Waals surface area contributed by atoms with Crippen LogP contribution in [0.3, 0.4) is 0 Å². The Kier molecular flexibility index (Phi) is 8.71. The minimum absolute atomic E-state index is 0.0581. The number of anilines is 1. The average molecular weight is 604 g/mol. The fourth-order valence-corrected chi connectivity index (χ4v) is 6.31. The summed E-state index contributed by atoms with van der Waals surface area (Å²) in [4.78, 5) is 13.0. The molecule has 1 amide bonds. The highest BCUT2D eigenvalue weighted by Gasteiger charge is 2.28. The second-order valence-corrected chi connectivity index (χ2v) is 11.9. The van der Waals surface area contributed by atoms with Gasteiger partial charge in [-0.1, -0.05) is 53.0 Å². The van der Waals surface area contributed by atoms with E-state index in [1.54, 1.807) is 61.5 Å². The molecule has 4 rings (SSSR count).